The van der Waals surface area contributed by atoms with Crippen LogP contribution in [0.5, 0.6) is 0 Å². The van der Waals surface area contributed by atoms with Crippen LogP contribution in [0.2, 0.25) is 0 Å². The van der Waals surface area contributed by atoms with Crippen LogP contribution in [0.4, 0.5) is 0 Å². The van der Waals surface area contributed by atoms with E-state index < -0.39 is 0 Å². The topological polar surface area (TPSA) is 39.4 Å². The van der Waals surface area contributed by atoms with Crippen LogP contribution in [-0.2, 0) is 10.5 Å². The molecule has 1 aromatic heterocycles. The quantitative estimate of drug-likeness (QED) is 0.565. The summed E-state index contributed by atoms with van der Waals surface area (Å²) >= 11 is 4.02. The molecule has 0 fully saturated rings. The number of rotatable bonds is 2. The van der Waals surface area contributed by atoms with Crippen molar-refractivity contribution >= 4 is 18.6 Å². The Kier molecular flexibility index (Phi) is 2.81. The fraction of sp³-hybridized carbons (Fsp3) is 0.375. The Balaban J connectivity index is 2.99. The number of carbonyl (C=O) groups is 1. The molecule has 0 spiro atoms. The van der Waals surface area contributed by atoms with E-state index in [0.717, 1.165) is 0 Å². The van der Waals surface area contributed by atoms with E-state index in [1.165, 1.54) is 7.11 Å². The smallest absolute Gasteiger partial charge is 0.341 e. The minimum Gasteiger partial charge on any atom is -0.465 e. The van der Waals surface area contributed by atoms with Gasteiger partial charge >= 0.3 is 5.97 Å². The molecule has 0 aliphatic heterocycles. The third-order valence-corrected chi connectivity index (χ3v) is 1.84. The van der Waals surface area contributed by atoms with Gasteiger partial charge < -0.3 is 9.15 Å². The summed E-state index contributed by atoms with van der Waals surface area (Å²) in [5.41, 5.74) is 0.474. The second-order valence-electron chi connectivity index (χ2n) is 2.33. The zero-order valence-electron chi connectivity index (χ0n) is 6.96. The predicted octanol–water partition coefficient (Wildman–Crippen LogP) is 1.80. The minimum atomic E-state index is -0.371. The molecule has 1 aromatic rings. The lowest BCUT2D eigenvalue weighted by Gasteiger charge is -1.93. The number of esters is 1. The summed E-state index contributed by atoms with van der Waals surface area (Å²) in [6.07, 6.45) is 0. The van der Waals surface area contributed by atoms with E-state index in [9.17, 15) is 4.79 Å². The summed E-state index contributed by atoms with van der Waals surface area (Å²) in [6.45, 7) is 1.72. The molecule has 0 unspecified atom stereocenters. The molecule has 0 aliphatic rings. The highest BCUT2D eigenvalue weighted by atomic mass is 32.1. The van der Waals surface area contributed by atoms with E-state index in [0.29, 0.717) is 22.8 Å². The minimum absolute atomic E-state index is 0.371. The van der Waals surface area contributed by atoms with E-state index in [-0.39, 0.29) is 5.97 Å². The number of ether oxygens (including phenoxy) is 1. The zero-order valence-corrected chi connectivity index (χ0v) is 7.85. The van der Waals surface area contributed by atoms with Crippen LogP contribution >= 0.6 is 12.6 Å². The summed E-state index contributed by atoms with van der Waals surface area (Å²) in [5, 5.41) is 0. The van der Waals surface area contributed by atoms with Crippen molar-refractivity contribution in [3.63, 3.8) is 0 Å². The molecule has 0 aromatic carbocycles. The third kappa shape index (κ3) is 1.64. The first-order valence-corrected chi connectivity index (χ1v) is 4.10. The lowest BCUT2D eigenvalue weighted by Crippen LogP contribution is -2.00. The maximum atomic E-state index is 11.1. The lowest BCUT2D eigenvalue weighted by molar-refractivity contribution is 0.0599. The van der Waals surface area contributed by atoms with Crippen LogP contribution in [0, 0.1) is 6.92 Å². The van der Waals surface area contributed by atoms with Gasteiger partial charge in [-0.3, -0.25) is 0 Å². The van der Waals surface area contributed by atoms with E-state index in [2.05, 4.69) is 17.4 Å². The first-order chi connectivity index (χ1) is 5.69. The van der Waals surface area contributed by atoms with Gasteiger partial charge in [-0.15, -0.1) is 0 Å². The van der Waals surface area contributed by atoms with Crippen molar-refractivity contribution in [2.24, 2.45) is 0 Å². The highest BCUT2D eigenvalue weighted by Gasteiger charge is 2.13. The van der Waals surface area contributed by atoms with Crippen molar-refractivity contribution in [2.45, 2.75) is 12.7 Å². The second kappa shape index (κ2) is 3.67. The van der Waals surface area contributed by atoms with E-state index in [1.807, 2.05) is 0 Å². The normalized spacial score (nSPS) is 9.92. The van der Waals surface area contributed by atoms with E-state index in [1.54, 1.807) is 13.0 Å². The van der Waals surface area contributed by atoms with Crippen molar-refractivity contribution in [3.8, 4) is 0 Å². The van der Waals surface area contributed by atoms with Crippen molar-refractivity contribution in [2.75, 3.05) is 7.11 Å². The third-order valence-electron chi connectivity index (χ3n) is 1.53. The van der Waals surface area contributed by atoms with Gasteiger partial charge in [0.2, 0.25) is 0 Å². The van der Waals surface area contributed by atoms with Gasteiger partial charge in [0.25, 0.3) is 0 Å². The first-order valence-electron chi connectivity index (χ1n) is 3.47. The number of thiol groups is 1. The Labute approximate surface area is 76.1 Å². The Bertz CT molecular complexity index is 290. The second-order valence-corrected chi connectivity index (χ2v) is 2.65. The molecule has 0 atom stereocenters. The van der Waals surface area contributed by atoms with Gasteiger partial charge in [-0.25, -0.2) is 4.79 Å². The maximum Gasteiger partial charge on any atom is 0.341 e. The number of carbonyl (C=O) groups excluding carboxylic acids is 1. The van der Waals surface area contributed by atoms with Crippen molar-refractivity contribution in [1.29, 1.82) is 0 Å². The van der Waals surface area contributed by atoms with Crippen LogP contribution in [0.25, 0.3) is 0 Å². The van der Waals surface area contributed by atoms with Crippen LogP contribution in [-0.4, -0.2) is 13.1 Å². The van der Waals surface area contributed by atoms with Crippen molar-refractivity contribution < 1.29 is 13.9 Å². The number of furan rings is 1. The molecule has 12 heavy (non-hydrogen) atoms. The Morgan fingerprint density at radius 3 is 2.83 bits per heavy atom. The molecule has 0 saturated heterocycles. The largest absolute Gasteiger partial charge is 0.465 e. The number of hydrogen-bond donors (Lipinski definition) is 1. The lowest BCUT2D eigenvalue weighted by atomic mass is 10.2. The molecule has 0 saturated carbocycles. The van der Waals surface area contributed by atoms with Gasteiger partial charge in [-0.2, -0.15) is 12.6 Å². The molecule has 1 rings (SSSR count). The fourth-order valence-corrected chi connectivity index (χ4v) is 1.09. The average molecular weight is 186 g/mol. The summed E-state index contributed by atoms with van der Waals surface area (Å²) in [7, 11) is 1.34. The number of hydrogen-bond acceptors (Lipinski definition) is 4. The Morgan fingerprint density at radius 2 is 2.42 bits per heavy atom. The summed E-state index contributed by atoms with van der Waals surface area (Å²) in [6, 6.07) is 1.65. The van der Waals surface area contributed by atoms with Crippen LogP contribution in [0.15, 0.2) is 10.5 Å². The zero-order chi connectivity index (χ0) is 9.14. The Morgan fingerprint density at radius 1 is 1.75 bits per heavy atom. The molecule has 0 radical (unpaired) electrons. The molecule has 1 heterocycles. The Hall–Kier alpha value is -0.900. The number of methoxy groups -OCH3 is 1. The molecule has 0 bridgehead atoms. The van der Waals surface area contributed by atoms with Crippen molar-refractivity contribution in [3.05, 3.63) is 23.2 Å². The maximum absolute atomic E-state index is 11.1. The summed E-state index contributed by atoms with van der Waals surface area (Å²) < 4.78 is 9.76. The molecular weight excluding hydrogens is 176 g/mol. The highest BCUT2D eigenvalue weighted by molar-refractivity contribution is 7.79. The van der Waals surface area contributed by atoms with Gasteiger partial charge in [-0.1, -0.05) is 0 Å². The van der Waals surface area contributed by atoms with Gasteiger partial charge in [-0.05, 0) is 13.0 Å². The van der Waals surface area contributed by atoms with E-state index in [4.69, 9.17) is 4.42 Å². The number of aryl methyl sites for hydroxylation is 1. The van der Waals surface area contributed by atoms with Crippen molar-refractivity contribution in [1.82, 2.24) is 0 Å². The van der Waals surface area contributed by atoms with Gasteiger partial charge in [0.1, 0.15) is 17.1 Å². The molecule has 66 valence electrons. The van der Waals surface area contributed by atoms with Gasteiger partial charge in [0.15, 0.2) is 0 Å². The van der Waals surface area contributed by atoms with E-state index >= 15 is 0 Å². The monoisotopic (exact) mass is 186 g/mol. The van der Waals surface area contributed by atoms with Crippen LogP contribution < -0.4 is 0 Å². The molecule has 3 nitrogen and oxygen atoms in total. The molecule has 0 N–H and O–H groups in total. The highest BCUT2D eigenvalue weighted by Crippen LogP contribution is 2.16. The standard InChI is InChI=1S/C8H10O3S/c1-5-7(8(9)10-2)3-6(4-12)11-5/h3,12H,4H2,1-2H3. The first kappa shape index (κ1) is 9.19. The summed E-state index contributed by atoms with van der Waals surface area (Å²) in [5.74, 6) is 1.36. The van der Waals surface area contributed by atoms with Crippen LogP contribution in [0.3, 0.4) is 0 Å². The fourth-order valence-electron chi connectivity index (χ4n) is 0.934. The van der Waals surface area contributed by atoms with Gasteiger partial charge in [0.05, 0.1) is 7.11 Å². The SMILES string of the molecule is COC(=O)c1cc(CS)oc1C. The molecular formula is C8H10O3S. The van der Waals surface area contributed by atoms with Gasteiger partial charge in [0, 0.05) is 5.75 Å². The molecule has 0 amide bonds. The van der Waals surface area contributed by atoms with Crippen LogP contribution in [0.1, 0.15) is 21.9 Å². The summed E-state index contributed by atoms with van der Waals surface area (Å²) in [4.78, 5) is 11.1. The predicted molar refractivity (Wildman–Crippen MR) is 47.5 cm³/mol. The average Bonchev–Trinajstić information content (AvgIpc) is 2.45. The molecule has 4 heteroatoms. The molecule has 0 aliphatic carbocycles.